The van der Waals surface area contributed by atoms with E-state index >= 15 is 0 Å². The molecule has 5 rings (SSSR count). The predicted molar refractivity (Wildman–Crippen MR) is 133 cm³/mol. The number of nitrogens with one attached hydrogen (secondary N) is 2. The summed E-state index contributed by atoms with van der Waals surface area (Å²) in [4.78, 5) is 33.7. The minimum atomic E-state index is -0.991. The lowest BCUT2D eigenvalue weighted by atomic mass is 9.71. The van der Waals surface area contributed by atoms with Crippen LogP contribution in [-0.2, 0) is 5.54 Å². The van der Waals surface area contributed by atoms with Crippen LogP contribution in [0.5, 0.6) is 0 Å². The van der Waals surface area contributed by atoms with E-state index in [1.165, 1.54) is 0 Å². The highest BCUT2D eigenvalue weighted by Crippen LogP contribution is 2.42. The third-order valence-electron chi connectivity index (χ3n) is 6.64. The fraction of sp³-hybridized carbons (Fsp3) is 0.214. The summed E-state index contributed by atoms with van der Waals surface area (Å²) in [7, 11) is 0. The summed E-state index contributed by atoms with van der Waals surface area (Å²) in [5, 5.41) is 5.73. The molecule has 1 saturated carbocycles. The van der Waals surface area contributed by atoms with Crippen LogP contribution >= 0.6 is 0 Å². The second kappa shape index (κ2) is 9.77. The Labute approximate surface area is 216 Å². The highest BCUT2D eigenvalue weighted by atomic mass is 19.1. The van der Waals surface area contributed by atoms with Crippen LogP contribution in [0.3, 0.4) is 0 Å². The van der Waals surface area contributed by atoms with Crippen LogP contribution in [0, 0.1) is 31.3 Å². The van der Waals surface area contributed by atoms with E-state index in [0.29, 0.717) is 17.3 Å². The van der Waals surface area contributed by atoms with Crippen molar-refractivity contribution in [3.05, 3.63) is 101 Å². The zero-order valence-electron chi connectivity index (χ0n) is 20.6. The molecule has 0 bridgehead atoms. The molecule has 2 aromatic carbocycles. The van der Waals surface area contributed by atoms with Crippen LogP contribution in [0.2, 0.25) is 0 Å². The Balaban J connectivity index is 1.33. The maximum Gasteiger partial charge on any atom is 0.289 e. The number of amides is 2. The summed E-state index contributed by atoms with van der Waals surface area (Å²) in [5.41, 5.74) is -0.219. The molecule has 7 nitrogen and oxygen atoms in total. The summed E-state index contributed by atoms with van der Waals surface area (Å²) in [6, 6.07) is 12.1. The molecule has 0 atom stereocenters. The van der Waals surface area contributed by atoms with E-state index < -0.39 is 40.2 Å². The number of hydrogen-bond acceptors (Lipinski definition) is 5. The molecule has 0 spiro atoms. The summed E-state index contributed by atoms with van der Waals surface area (Å²) in [6.45, 7) is 3.39. The molecule has 1 aliphatic rings. The summed E-state index contributed by atoms with van der Waals surface area (Å²) < 4.78 is 48.2. The minimum Gasteiger partial charge on any atom is -0.436 e. The maximum atomic E-state index is 14.4. The van der Waals surface area contributed by atoms with Gasteiger partial charge in [-0.1, -0.05) is 18.2 Å². The first-order valence-corrected chi connectivity index (χ1v) is 12.0. The Kier molecular flexibility index (Phi) is 6.48. The van der Waals surface area contributed by atoms with Gasteiger partial charge in [0.05, 0.1) is 16.8 Å². The van der Waals surface area contributed by atoms with E-state index in [2.05, 4.69) is 20.6 Å². The minimum absolute atomic E-state index is 0.180. The quantitative estimate of drug-likeness (QED) is 0.333. The van der Waals surface area contributed by atoms with E-state index in [4.69, 9.17) is 4.42 Å². The van der Waals surface area contributed by atoms with Crippen molar-refractivity contribution >= 4 is 17.5 Å². The first-order valence-electron chi connectivity index (χ1n) is 12.0. The van der Waals surface area contributed by atoms with Gasteiger partial charge in [-0.05, 0) is 68.1 Å². The Morgan fingerprint density at radius 3 is 2.13 bits per heavy atom. The van der Waals surface area contributed by atoms with Gasteiger partial charge in [0, 0.05) is 12.6 Å². The number of halogens is 3. The average molecular weight is 521 g/mol. The van der Waals surface area contributed by atoms with Gasteiger partial charge in [0.25, 0.3) is 11.8 Å². The highest BCUT2D eigenvalue weighted by molar-refractivity contribution is 6.03. The molecule has 2 heterocycles. The van der Waals surface area contributed by atoms with Gasteiger partial charge in [-0.2, -0.15) is 0 Å². The second-order valence-corrected chi connectivity index (χ2v) is 9.19. The first-order chi connectivity index (χ1) is 18.2. The number of benzene rings is 2. The normalized spacial score (nSPS) is 14.0. The van der Waals surface area contributed by atoms with Crippen molar-refractivity contribution in [1.29, 1.82) is 0 Å². The monoisotopic (exact) mass is 520 g/mol. The maximum absolute atomic E-state index is 14.4. The zero-order valence-corrected chi connectivity index (χ0v) is 20.6. The van der Waals surface area contributed by atoms with Crippen molar-refractivity contribution in [2.24, 2.45) is 0 Å². The molecular formula is C28H23F3N4O3. The molecule has 2 amide bonds. The summed E-state index contributed by atoms with van der Waals surface area (Å²) >= 11 is 0. The topological polar surface area (TPSA) is 97.1 Å². The molecule has 10 heteroatoms. The zero-order chi connectivity index (χ0) is 27.0. The molecule has 0 saturated heterocycles. The van der Waals surface area contributed by atoms with E-state index in [9.17, 15) is 22.8 Å². The molecule has 2 aromatic heterocycles. The lowest BCUT2D eigenvalue weighted by molar-refractivity contribution is 0.0792. The molecule has 2 N–H and O–H groups in total. The standard InChI is InChI=1S/C28H23F3N4O3/c1-15-25(38-16(2)32-15)27(37)35-28(13-4-14-28)17-7-9-18(10-8-17)33-26(36)22-12-11-21(31)24(34-22)23-19(29)5-3-6-20(23)30/h3,5-12H,4,13-14H2,1-2H3,(H,33,36)(H,35,37). The molecule has 4 aromatic rings. The van der Waals surface area contributed by atoms with Gasteiger partial charge in [0.1, 0.15) is 28.8 Å². The summed E-state index contributed by atoms with van der Waals surface area (Å²) in [5.74, 6) is -3.37. The molecule has 194 valence electrons. The largest absolute Gasteiger partial charge is 0.436 e. The fourth-order valence-electron chi connectivity index (χ4n) is 4.57. The van der Waals surface area contributed by atoms with E-state index in [1.807, 2.05) is 0 Å². The average Bonchev–Trinajstić information content (AvgIpc) is 3.20. The SMILES string of the molecule is Cc1nc(C)c(C(=O)NC2(c3ccc(NC(=O)c4ccc(F)c(-c5c(F)cccc5F)n4)cc3)CCC2)o1. The number of oxazole rings is 1. The van der Waals surface area contributed by atoms with Crippen LogP contribution in [0.1, 0.15) is 57.5 Å². The molecule has 0 radical (unpaired) electrons. The van der Waals surface area contributed by atoms with E-state index in [0.717, 1.165) is 55.2 Å². The van der Waals surface area contributed by atoms with Crippen LogP contribution in [-0.4, -0.2) is 21.8 Å². The highest BCUT2D eigenvalue weighted by Gasteiger charge is 2.41. The Bertz CT molecular complexity index is 1530. The Morgan fingerprint density at radius 1 is 0.868 bits per heavy atom. The number of carbonyl (C=O) groups is 2. The molecule has 38 heavy (non-hydrogen) atoms. The van der Waals surface area contributed by atoms with Gasteiger partial charge in [-0.3, -0.25) is 9.59 Å². The van der Waals surface area contributed by atoms with Crippen LogP contribution in [0.4, 0.5) is 18.9 Å². The second-order valence-electron chi connectivity index (χ2n) is 9.19. The van der Waals surface area contributed by atoms with Gasteiger partial charge in [0.2, 0.25) is 5.76 Å². The van der Waals surface area contributed by atoms with E-state index in [1.54, 1.807) is 38.1 Å². The van der Waals surface area contributed by atoms with Gasteiger partial charge in [-0.25, -0.2) is 23.1 Å². The first kappa shape index (κ1) is 25.2. The van der Waals surface area contributed by atoms with Gasteiger partial charge < -0.3 is 15.1 Å². The summed E-state index contributed by atoms with van der Waals surface area (Å²) in [6.07, 6.45) is 2.42. The fourth-order valence-corrected chi connectivity index (χ4v) is 4.57. The van der Waals surface area contributed by atoms with Gasteiger partial charge in [0.15, 0.2) is 5.89 Å². The number of rotatable bonds is 6. The predicted octanol–water partition coefficient (Wildman–Crippen LogP) is 5.83. The van der Waals surface area contributed by atoms with Crippen molar-refractivity contribution in [1.82, 2.24) is 15.3 Å². The third-order valence-corrected chi connectivity index (χ3v) is 6.64. The Morgan fingerprint density at radius 2 is 1.55 bits per heavy atom. The van der Waals surface area contributed by atoms with Crippen molar-refractivity contribution in [2.45, 2.75) is 38.6 Å². The molecular weight excluding hydrogens is 497 g/mol. The van der Waals surface area contributed by atoms with Crippen LogP contribution < -0.4 is 10.6 Å². The van der Waals surface area contributed by atoms with Crippen molar-refractivity contribution in [3.63, 3.8) is 0 Å². The lowest BCUT2D eigenvalue weighted by Gasteiger charge is -2.43. The molecule has 1 fully saturated rings. The van der Waals surface area contributed by atoms with Crippen molar-refractivity contribution in [2.75, 3.05) is 5.32 Å². The molecule has 0 aliphatic heterocycles. The Hall–Kier alpha value is -4.47. The van der Waals surface area contributed by atoms with Crippen LogP contribution in [0.25, 0.3) is 11.3 Å². The number of anilines is 1. The molecule has 0 unspecified atom stereocenters. The van der Waals surface area contributed by atoms with Crippen LogP contribution in [0.15, 0.2) is 59.0 Å². The number of aromatic nitrogens is 2. The molecule has 1 aliphatic carbocycles. The number of hydrogen-bond donors (Lipinski definition) is 2. The van der Waals surface area contributed by atoms with Gasteiger partial charge in [-0.15, -0.1) is 0 Å². The van der Waals surface area contributed by atoms with E-state index in [-0.39, 0.29) is 17.4 Å². The number of pyridine rings is 1. The van der Waals surface area contributed by atoms with Crippen molar-refractivity contribution in [3.8, 4) is 11.3 Å². The smallest absolute Gasteiger partial charge is 0.289 e. The number of carbonyl (C=O) groups excluding carboxylic acids is 2. The van der Waals surface area contributed by atoms with Crippen molar-refractivity contribution < 1.29 is 27.2 Å². The third kappa shape index (κ3) is 4.65. The number of aryl methyl sites for hydroxylation is 2. The number of nitrogens with zero attached hydrogens (tertiary/aromatic N) is 2. The van der Waals surface area contributed by atoms with Gasteiger partial charge >= 0.3 is 0 Å². The lowest BCUT2D eigenvalue weighted by Crippen LogP contribution is -2.50.